The molecule has 1 amide bonds. The van der Waals surface area contributed by atoms with Crippen LogP contribution < -0.4 is 10.0 Å². The van der Waals surface area contributed by atoms with Gasteiger partial charge in [0, 0.05) is 25.9 Å². The average molecular weight is 407 g/mol. The fourth-order valence-corrected chi connectivity index (χ4v) is 4.34. The van der Waals surface area contributed by atoms with Crippen molar-refractivity contribution in [2.45, 2.75) is 56.8 Å². The van der Waals surface area contributed by atoms with E-state index in [1.807, 2.05) is 6.07 Å². The van der Waals surface area contributed by atoms with Gasteiger partial charge in [0.2, 0.25) is 21.8 Å². The minimum absolute atomic E-state index is 0.0636. The van der Waals surface area contributed by atoms with E-state index < -0.39 is 10.0 Å². The normalized spacial score (nSPS) is 13.9. The molecule has 9 heteroatoms. The number of benzene rings is 1. The van der Waals surface area contributed by atoms with Gasteiger partial charge in [-0.05, 0) is 62.3 Å². The molecule has 0 fully saturated rings. The first-order chi connectivity index (χ1) is 13.4. The van der Waals surface area contributed by atoms with Crippen molar-refractivity contribution in [1.29, 1.82) is 0 Å². The predicted molar refractivity (Wildman–Crippen MR) is 103 cm³/mol. The molecule has 1 aromatic carbocycles. The monoisotopic (exact) mass is 406 g/mol. The summed E-state index contributed by atoms with van der Waals surface area (Å²) in [5.41, 5.74) is 2.35. The molecule has 0 unspecified atom stereocenters. The summed E-state index contributed by atoms with van der Waals surface area (Å²) in [6, 6.07) is 5.31. The number of aromatic nitrogens is 2. The van der Waals surface area contributed by atoms with Crippen molar-refractivity contribution < 1.29 is 17.7 Å². The molecule has 0 aliphatic heterocycles. The Morgan fingerprint density at radius 2 is 1.96 bits per heavy atom. The van der Waals surface area contributed by atoms with Gasteiger partial charge in [-0.25, -0.2) is 13.1 Å². The van der Waals surface area contributed by atoms with Gasteiger partial charge in [-0.15, -0.1) is 0 Å². The molecule has 1 heterocycles. The van der Waals surface area contributed by atoms with Crippen LogP contribution in [0.2, 0.25) is 0 Å². The van der Waals surface area contributed by atoms with Crippen molar-refractivity contribution in [3.05, 3.63) is 41.0 Å². The summed E-state index contributed by atoms with van der Waals surface area (Å²) in [6.45, 7) is 2.28. The zero-order chi connectivity index (χ0) is 20.0. The topological polar surface area (TPSA) is 114 Å². The van der Waals surface area contributed by atoms with Gasteiger partial charge >= 0.3 is 0 Å². The van der Waals surface area contributed by atoms with Crippen LogP contribution in [0.5, 0.6) is 0 Å². The number of nitrogens with zero attached hydrogens (tertiary/aromatic N) is 2. The second kappa shape index (κ2) is 9.29. The molecule has 0 atom stereocenters. The lowest BCUT2D eigenvalue weighted by Gasteiger charge is -2.16. The minimum atomic E-state index is -3.61. The number of fused-ring (bicyclic) bond motifs is 1. The largest absolute Gasteiger partial charge is 0.356 e. The van der Waals surface area contributed by atoms with Crippen LogP contribution in [0.1, 0.15) is 48.5 Å². The van der Waals surface area contributed by atoms with E-state index >= 15 is 0 Å². The van der Waals surface area contributed by atoms with E-state index in [1.54, 1.807) is 19.1 Å². The highest BCUT2D eigenvalue weighted by Crippen LogP contribution is 2.23. The first-order valence-electron chi connectivity index (χ1n) is 9.61. The van der Waals surface area contributed by atoms with Crippen molar-refractivity contribution in [1.82, 2.24) is 20.2 Å². The van der Waals surface area contributed by atoms with Gasteiger partial charge in [-0.2, -0.15) is 4.98 Å². The van der Waals surface area contributed by atoms with Crippen LogP contribution in [0.3, 0.4) is 0 Å². The zero-order valence-electron chi connectivity index (χ0n) is 16.0. The first-order valence-corrected chi connectivity index (χ1v) is 11.1. The van der Waals surface area contributed by atoms with E-state index in [-0.39, 0.29) is 23.8 Å². The minimum Gasteiger partial charge on any atom is -0.356 e. The maximum Gasteiger partial charge on any atom is 0.240 e. The van der Waals surface area contributed by atoms with Gasteiger partial charge in [0.05, 0.1) is 4.90 Å². The summed E-state index contributed by atoms with van der Waals surface area (Å²) >= 11 is 0. The maximum atomic E-state index is 12.5. The lowest BCUT2D eigenvalue weighted by atomic mass is 9.92. The second-order valence-corrected chi connectivity index (χ2v) is 8.74. The maximum absolute atomic E-state index is 12.5. The molecule has 8 nitrogen and oxygen atoms in total. The van der Waals surface area contributed by atoms with Crippen molar-refractivity contribution in [2.24, 2.45) is 0 Å². The SMILES string of the molecule is Cc1noc(CCCNC(=O)CCNS(=O)(=O)c2ccc3c(c2)CCCC3)n1. The fourth-order valence-electron chi connectivity index (χ4n) is 3.26. The van der Waals surface area contributed by atoms with Crippen LogP contribution in [0.25, 0.3) is 0 Å². The standard InChI is InChI=1S/C19H26N4O4S/c1-14-22-19(27-23-14)7-4-11-20-18(24)10-12-21-28(25,26)17-9-8-15-5-2-3-6-16(15)13-17/h8-9,13,21H,2-7,10-12H2,1H3,(H,20,24). The lowest BCUT2D eigenvalue weighted by molar-refractivity contribution is -0.120. The Kier molecular flexibility index (Phi) is 6.79. The van der Waals surface area contributed by atoms with Crippen LogP contribution in [-0.4, -0.2) is 37.6 Å². The Bertz CT molecular complexity index is 924. The predicted octanol–water partition coefficient (Wildman–Crippen LogP) is 1.67. The fraction of sp³-hybridized carbons (Fsp3) is 0.526. The Hall–Kier alpha value is -2.26. The van der Waals surface area contributed by atoms with Crippen LogP contribution in [0.15, 0.2) is 27.6 Å². The lowest BCUT2D eigenvalue weighted by Crippen LogP contribution is -2.31. The number of nitrogens with one attached hydrogen (secondary N) is 2. The molecule has 152 valence electrons. The van der Waals surface area contributed by atoms with Crippen molar-refractivity contribution in [3.8, 4) is 0 Å². The summed E-state index contributed by atoms with van der Waals surface area (Å²) in [4.78, 5) is 16.2. The molecule has 3 rings (SSSR count). The first kappa shape index (κ1) is 20.5. The molecule has 1 aliphatic rings. The molecule has 0 bridgehead atoms. The van der Waals surface area contributed by atoms with Crippen LogP contribution in [0.4, 0.5) is 0 Å². The van der Waals surface area contributed by atoms with Crippen molar-refractivity contribution in [3.63, 3.8) is 0 Å². The van der Waals surface area contributed by atoms with Crippen LogP contribution >= 0.6 is 0 Å². The van der Waals surface area contributed by atoms with Crippen LogP contribution in [0, 0.1) is 6.92 Å². The molecular formula is C19H26N4O4S. The zero-order valence-corrected chi connectivity index (χ0v) is 16.8. The highest BCUT2D eigenvalue weighted by atomic mass is 32.2. The molecule has 2 aromatic rings. The molecule has 1 aromatic heterocycles. The Morgan fingerprint density at radius 1 is 1.18 bits per heavy atom. The Labute approximate surface area is 165 Å². The van der Waals surface area contributed by atoms with Gasteiger partial charge in [0.15, 0.2) is 5.82 Å². The summed E-state index contributed by atoms with van der Waals surface area (Å²) in [5, 5.41) is 6.47. The number of carbonyl (C=O) groups excluding carboxylic acids is 1. The number of hydrogen-bond donors (Lipinski definition) is 2. The number of amides is 1. The number of sulfonamides is 1. The van der Waals surface area contributed by atoms with E-state index in [0.717, 1.165) is 31.2 Å². The number of carbonyl (C=O) groups is 1. The summed E-state index contributed by atoms with van der Waals surface area (Å²) in [7, 11) is -3.61. The molecule has 2 N–H and O–H groups in total. The highest BCUT2D eigenvalue weighted by Gasteiger charge is 2.17. The van der Waals surface area contributed by atoms with Gasteiger partial charge < -0.3 is 9.84 Å². The number of aryl methyl sites for hydroxylation is 4. The smallest absolute Gasteiger partial charge is 0.240 e. The van der Waals surface area contributed by atoms with E-state index in [4.69, 9.17) is 4.52 Å². The number of rotatable bonds is 9. The Balaban J connectivity index is 1.39. The molecule has 0 radical (unpaired) electrons. The molecular weight excluding hydrogens is 380 g/mol. The van der Waals surface area contributed by atoms with Gasteiger partial charge in [-0.3, -0.25) is 4.79 Å². The molecule has 1 aliphatic carbocycles. The average Bonchev–Trinajstić information content (AvgIpc) is 3.10. The molecule has 0 spiro atoms. The van der Waals surface area contributed by atoms with Crippen LogP contribution in [-0.2, 0) is 34.1 Å². The summed E-state index contributed by atoms with van der Waals surface area (Å²) < 4.78 is 32.4. The molecule has 0 saturated carbocycles. The summed E-state index contributed by atoms with van der Waals surface area (Å²) in [5.74, 6) is 0.935. The molecule has 0 saturated heterocycles. The molecule has 28 heavy (non-hydrogen) atoms. The van der Waals surface area contributed by atoms with Crippen molar-refractivity contribution in [2.75, 3.05) is 13.1 Å². The second-order valence-electron chi connectivity index (χ2n) is 6.97. The van der Waals surface area contributed by atoms with E-state index in [1.165, 1.54) is 5.56 Å². The third kappa shape index (κ3) is 5.62. The van der Waals surface area contributed by atoms with Gasteiger partial charge in [0.1, 0.15) is 0 Å². The van der Waals surface area contributed by atoms with Gasteiger partial charge in [-0.1, -0.05) is 11.2 Å². The number of hydrogen-bond acceptors (Lipinski definition) is 6. The quantitative estimate of drug-likeness (QED) is 0.612. The van der Waals surface area contributed by atoms with E-state index in [9.17, 15) is 13.2 Å². The highest BCUT2D eigenvalue weighted by molar-refractivity contribution is 7.89. The van der Waals surface area contributed by atoms with Gasteiger partial charge in [0.25, 0.3) is 0 Å². The third-order valence-electron chi connectivity index (χ3n) is 4.73. The van der Waals surface area contributed by atoms with Crippen molar-refractivity contribution >= 4 is 15.9 Å². The summed E-state index contributed by atoms with van der Waals surface area (Å²) in [6.07, 6.45) is 5.53. The van der Waals surface area contributed by atoms with E-state index in [2.05, 4.69) is 20.2 Å². The third-order valence-corrected chi connectivity index (χ3v) is 6.19. The Morgan fingerprint density at radius 3 is 2.71 bits per heavy atom. The van der Waals surface area contributed by atoms with E-state index in [0.29, 0.717) is 31.1 Å².